The van der Waals surface area contributed by atoms with Gasteiger partial charge in [0.25, 0.3) is 5.91 Å². The van der Waals surface area contributed by atoms with E-state index in [1.807, 2.05) is 11.8 Å². The SMILES string of the molecule is CCCNC(=O)CN1CCN(C(=O)c2cc(S(=O)(=O)NCC)ccc2C)CC1. The van der Waals surface area contributed by atoms with Crippen LogP contribution in [0.25, 0.3) is 0 Å². The molecule has 156 valence electrons. The van der Waals surface area contributed by atoms with Crippen LogP contribution in [0.5, 0.6) is 0 Å². The average molecular weight is 411 g/mol. The third-order valence-corrected chi connectivity index (χ3v) is 6.23. The van der Waals surface area contributed by atoms with Gasteiger partial charge in [0.05, 0.1) is 11.4 Å². The van der Waals surface area contributed by atoms with E-state index >= 15 is 0 Å². The van der Waals surface area contributed by atoms with Crippen LogP contribution < -0.4 is 10.0 Å². The number of nitrogens with zero attached hydrogens (tertiary/aromatic N) is 2. The minimum absolute atomic E-state index is 0.00111. The molecule has 2 N–H and O–H groups in total. The first kappa shape index (κ1) is 22.3. The van der Waals surface area contributed by atoms with Gasteiger partial charge in [0.1, 0.15) is 0 Å². The van der Waals surface area contributed by atoms with Gasteiger partial charge in [0, 0.05) is 44.8 Å². The summed E-state index contributed by atoms with van der Waals surface area (Å²) >= 11 is 0. The van der Waals surface area contributed by atoms with Crippen LogP contribution >= 0.6 is 0 Å². The first-order valence-electron chi connectivity index (χ1n) is 9.67. The highest BCUT2D eigenvalue weighted by atomic mass is 32.2. The Morgan fingerprint density at radius 2 is 1.79 bits per heavy atom. The average Bonchev–Trinajstić information content (AvgIpc) is 2.66. The number of hydrogen-bond acceptors (Lipinski definition) is 5. The second-order valence-electron chi connectivity index (χ2n) is 6.90. The van der Waals surface area contributed by atoms with Gasteiger partial charge >= 0.3 is 0 Å². The lowest BCUT2D eigenvalue weighted by Crippen LogP contribution is -2.51. The van der Waals surface area contributed by atoms with E-state index in [4.69, 9.17) is 0 Å². The van der Waals surface area contributed by atoms with Crippen LogP contribution in [0.3, 0.4) is 0 Å². The van der Waals surface area contributed by atoms with Gasteiger partial charge in [-0.2, -0.15) is 0 Å². The molecule has 0 radical (unpaired) electrons. The number of hydrogen-bond donors (Lipinski definition) is 2. The summed E-state index contributed by atoms with van der Waals surface area (Å²) in [5, 5.41) is 2.85. The Morgan fingerprint density at radius 1 is 1.11 bits per heavy atom. The summed E-state index contributed by atoms with van der Waals surface area (Å²) in [4.78, 5) is 28.6. The topological polar surface area (TPSA) is 98.8 Å². The number of aryl methyl sites for hydroxylation is 1. The van der Waals surface area contributed by atoms with Crippen molar-refractivity contribution in [2.45, 2.75) is 32.1 Å². The number of carbonyl (C=O) groups excluding carboxylic acids is 2. The predicted octanol–water partition coefficient (Wildman–Crippen LogP) is 0.577. The molecule has 1 heterocycles. The number of benzene rings is 1. The van der Waals surface area contributed by atoms with Crippen molar-refractivity contribution in [2.24, 2.45) is 0 Å². The van der Waals surface area contributed by atoms with Gasteiger partial charge in [-0.15, -0.1) is 0 Å². The molecule has 1 aromatic rings. The molecular formula is C19H30N4O4S. The molecule has 0 saturated carbocycles. The van der Waals surface area contributed by atoms with Crippen LogP contribution in [0, 0.1) is 6.92 Å². The summed E-state index contributed by atoms with van der Waals surface area (Å²) in [6, 6.07) is 4.61. The normalized spacial score (nSPS) is 15.5. The van der Waals surface area contributed by atoms with E-state index in [2.05, 4.69) is 10.0 Å². The maximum absolute atomic E-state index is 12.9. The van der Waals surface area contributed by atoms with Gasteiger partial charge in [0.15, 0.2) is 0 Å². The van der Waals surface area contributed by atoms with Crippen molar-refractivity contribution in [3.05, 3.63) is 29.3 Å². The molecule has 9 heteroatoms. The highest BCUT2D eigenvalue weighted by molar-refractivity contribution is 7.89. The minimum Gasteiger partial charge on any atom is -0.355 e. The lowest BCUT2D eigenvalue weighted by molar-refractivity contribution is -0.122. The third kappa shape index (κ3) is 5.76. The Labute approximate surface area is 167 Å². The first-order chi connectivity index (χ1) is 13.3. The van der Waals surface area contributed by atoms with Crippen LogP contribution in [0.4, 0.5) is 0 Å². The largest absolute Gasteiger partial charge is 0.355 e. The van der Waals surface area contributed by atoms with Crippen molar-refractivity contribution in [3.63, 3.8) is 0 Å². The van der Waals surface area contributed by atoms with Crippen LogP contribution in [-0.2, 0) is 14.8 Å². The molecule has 1 aliphatic rings. The Kier molecular flexibility index (Phi) is 7.97. The molecule has 0 spiro atoms. The maximum Gasteiger partial charge on any atom is 0.254 e. The van der Waals surface area contributed by atoms with Crippen molar-refractivity contribution in [1.82, 2.24) is 19.8 Å². The summed E-state index contributed by atoms with van der Waals surface area (Å²) in [6.07, 6.45) is 0.899. The van der Waals surface area contributed by atoms with E-state index in [9.17, 15) is 18.0 Å². The van der Waals surface area contributed by atoms with Crippen LogP contribution in [0.2, 0.25) is 0 Å². The molecule has 28 heavy (non-hydrogen) atoms. The number of amides is 2. The lowest BCUT2D eigenvalue weighted by Gasteiger charge is -2.34. The lowest BCUT2D eigenvalue weighted by atomic mass is 10.1. The minimum atomic E-state index is -3.62. The maximum atomic E-state index is 12.9. The van der Waals surface area contributed by atoms with E-state index in [-0.39, 0.29) is 23.3 Å². The second kappa shape index (κ2) is 9.99. The molecule has 1 saturated heterocycles. The van der Waals surface area contributed by atoms with Gasteiger partial charge in [-0.1, -0.05) is 19.9 Å². The molecule has 1 fully saturated rings. The zero-order chi connectivity index (χ0) is 20.7. The molecule has 8 nitrogen and oxygen atoms in total. The first-order valence-corrected chi connectivity index (χ1v) is 11.2. The number of piperazine rings is 1. The Balaban J connectivity index is 2.02. The van der Waals surface area contributed by atoms with Crippen molar-refractivity contribution in [3.8, 4) is 0 Å². The second-order valence-corrected chi connectivity index (χ2v) is 8.66. The summed E-state index contributed by atoms with van der Waals surface area (Å²) in [5.41, 5.74) is 1.13. The number of carbonyl (C=O) groups is 2. The molecule has 1 aromatic carbocycles. The van der Waals surface area contributed by atoms with Crippen molar-refractivity contribution >= 4 is 21.8 Å². The molecular weight excluding hydrogens is 380 g/mol. The van der Waals surface area contributed by atoms with E-state index in [1.165, 1.54) is 12.1 Å². The Bertz CT molecular complexity index is 802. The Hall–Kier alpha value is -1.97. The monoisotopic (exact) mass is 410 g/mol. The van der Waals surface area contributed by atoms with E-state index < -0.39 is 10.0 Å². The predicted molar refractivity (Wildman–Crippen MR) is 108 cm³/mol. The molecule has 2 amide bonds. The van der Waals surface area contributed by atoms with Crippen molar-refractivity contribution < 1.29 is 18.0 Å². The van der Waals surface area contributed by atoms with Crippen LogP contribution in [0.1, 0.15) is 36.2 Å². The molecule has 1 aliphatic heterocycles. The van der Waals surface area contributed by atoms with E-state index in [1.54, 1.807) is 24.8 Å². The van der Waals surface area contributed by atoms with Gasteiger partial charge in [0.2, 0.25) is 15.9 Å². The summed E-state index contributed by atoms with van der Waals surface area (Å²) < 4.78 is 26.9. The van der Waals surface area contributed by atoms with E-state index in [0.29, 0.717) is 44.8 Å². The highest BCUT2D eigenvalue weighted by Gasteiger charge is 2.25. The van der Waals surface area contributed by atoms with Crippen LogP contribution in [-0.4, -0.2) is 75.8 Å². The molecule has 0 aromatic heterocycles. The number of rotatable bonds is 8. The fourth-order valence-electron chi connectivity index (χ4n) is 3.07. The molecule has 0 bridgehead atoms. The van der Waals surface area contributed by atoms with Gasteiger partial charge in [-0.3, -0.25) is 14.5 Å². The molecule has 0 atom stereocenters. The zero-order valence-corrected chi connectivity index (χ0v) is 17.6. The van der Waals surface area contributed by atoms with E-state index in [0.717, 1.165) is 12.0 Å². The molecule has 0 aliphatic carbocycles. The quantitative estimate of drug-likeness (QED) is 0.653. The Morgan fingerprint density at radius 3 is 2.39 bits per heavy atom. The molecule has 0 unspecified atom stereocenters. The summed E-state index contributed by atoms with van der Waals surface area (Å²) in [5.74, 6) is -0.181. The smallest absolute Gasteiger partial charge is 0.254 e. The number of sulfonamides is 1. The summed E-state index contributed by atoms with van der Waals surface area (Å²) in [7, 11) is -3.62. The van der Waals surface area contributed by atoms with Crippen molar-refractivity contribution in [2.75, 3.05) is 45.8 Å². The standard InChI is InChI=1S/C19H30N4O4S/c1-4-8-20-18(24)14-22-9-11-23(12-10-22)19(25)17-13-16(7-6-15(17)3)28(26,27)21-5-2/h6-7,13,21H,4-5,8-12,14H2,1-3H3,(H,20,24). The van der Waals surface area contributed by atoms with Crippen molar-refractivity contribution in [1.29, 1.82) is 0 Å². The number of nitrogens with one attached hydrogen (secondary N) is 2. The summed E-state index contributed by atoms with van der Waals surface area (Å²) in [6.45, 7) is 9.02. The zero-order valence-electron chi connectivity index (χ0n) is 16.8. The third-order valence-electron chi connectivity index (χ3n) is 4.68. The van der Waals surface area contributed by atoms with Gasteiger partial charge < -0.3 is 10.2 Å². The van der Waals surface area contributed by atoms with Gasteiger partial charge in [-0.25, -0.2) is 13.1 Å². The van der Waals surface area contributed by atoms with Crippen LogP contribution in [0.15, 0.2) is 23.1 Å². The molecule has 2 rings (SSSR count). The highest BCUT2D eigenvalue weighted by Crippen LogP contribution is 2.18. The van der Waals surface area contributed by atoms with Gasteiger partial charge in [-0.05, 0) is 31.0 Å². The fourth-order valence-corrected chi connectivity index (χ4v) is 4.14. The fraction of sp³-hybridized carbons (Fsp3) is 0.579.